The first-order valence-electron chi connectivity index (χ1n) is 6.19. The van der Waals surface area contributed by atoms with E-state index in [9.17, 15) is 9.59 Å². The van der Waals surface area contributed by atoms with Crippen molar-refractivity contribution >= 4 is 28.2 Å². The smallest absolute Gasteiger partial charge is 0.251 e. The molecule has 1 fully saturated rings. The molecule has 1 aliphatic heterocycles. The predicted octanol–water partition coefficient (Wildman–Crippen LogP) is 0.0792. The van der Waals surface area contributed by atoms with Crippen LogP contribution >= 0.6 is 11.3 Å². The molecule has 104 valence electrons. The fourth-order valence-corrected chi connectivity index (χ4v) is 2.93. The third-order valence-corrected chi connectivity index (χ3v) is 3.83. The molecule has 7 heteroatoms. The maximum atomic E-state index is 11.9. The second-order valence-electron chi connectivity index (χ2n) is 4.67. The molecule has 1 aromatic heterocycles. The Labute approximate surface area is 116 Å². The molecule has 19 heavy (non-hydrogen) atoms. The van der Waals surface area contributed by atoms with E-state index in [1.54, 1.807) is 11.4 Å². The summed E-state index contributed by atoms with van der Waals surface area (Å²) >= 11 is 1.31. The third-order valence-electron chi connectivity index (χ3n) is 3.00. The highest BCUT2D eigenvalue weighted by Gasteiger charge is 2.19. The second kappa shape index (κ2) is 6.14. The molecule has 0 bridgehead atoms. The van der Waals surface area contributed by atoms with Gasteiger partial charge in [0.05, 0.1) is 12.1 Å². The van der Waals surface area contributed by atoms with Gasteiger partial charge in [0.2, 0.25) is 5.91 Å². The van der Waals surface area contributed by atoms with E-state index in [2.05, 4.69) is 22.5 Å². The molecule has 1 aromatic rings. The first kappa shape index (κ1) is 14.0. The van der Waals surface area contributed by atoms with Crippen molar-refractivity contribution in [3.05, 3.63) is 17.0 Å². The standard InChI is InChI=1S/C12H18N4O2S/c1-8-6-16(4-3-14-8)7-10(17)15-12-9(11(13)18)2-5-19-12/h2,5,8,14H,3-4,6-7H2,1H3,(H2,13,18)(H,15,17)/t8-/m0/s1. The zero-order valence-corrected chi connectivity index (χ0v) is 11.6. The van der Waals surface area contributed by atoms with Crippen LogP contribution in [0, 0.1) is 0 Å². The van der Waals surface area contributed by atoms with Gasteiger partial charge in [0.25, 0.3) is 5.91 Å². The Bertz CT molecular complexity index is 474. The van der Waals surface area contributed by atoms with Gasteiger partial charge in [-0.05, 0) is 18.4 Å². The molecular weight excluding hydrogens is 264 g/mol. The average Bonchev–Trinajstić information content (AvgIpc) is 2.76. The van der Waals surface area contributed by atoms with Gasteiger partial charge in [-0.25, -0.2) is 0 Å². The zero-order chi connectivity index (χ0) is 13.8. The summed E-state index contributed by atoms with van der Waals surface area (Å²) in [6.45, 7) is 5.02. The van der Waals surface area contributed by atoms with Crippen LogP contribution < -0.4 is 16.4 Å². The van der Waals surface area contributed by atoms with Crippen LogP contribution in [0.15, 0.2) is 11.4 Å². The molecule has 0 radical (unpaired) electrons. The summed E-state index contributed by atoms with van der Waals surface area (Å²) in [5, 5.41) is 8.34. The van der Waals surface area contributed by atoms with Crippen molar-refractivity contribution in [3.8, 4) is 0 Å². The molecular formula is C12H18N4O2S. The Morgan fingerprint density at radius 1 is 1.63 bits per heavy atom. The van der Waals surface area contributed by atoms with Gasteiger partial charge in [-0.15, -0.1) is 11.3 Å². The van der Waals surface area contributed by atoms with Gasteiger partial charge >= 0.3 is 0 Å². The van der Waals surface area contributed by atoms with Crippen molar-refractivity contribution in [1.29, 1.82) is 0 Å². The normalized spacial score (nSPS) is 20.2. The lowest BCUT2D eigenvalue weighted by atomic mass is 10.2. The number of anilines is 1. The molecule has 2 amide bonds. The van der Waals surface area contributed by atoms with Gasteiger partial charge in [0, 0.05) is 25.7 Å². The van der Waals surface area contributed by atoms with Crippen LogP contribution in [0.4, 0.5) is 5.00 Å². The van der Waals surface area contributed by atoms with E-state index in [-0.39, 0.29) is 5.91 Å². The van der Waals surface area contributed by atoms with Crippen LogP contribution in [0.3, 0.4) is 0 Å². The van der Waals surface area contributed by atoms with Crippen LogP contribution in [0.1, 0.15) is 17.3 Å². The highest BCUT2D eigenvalue weighted by Crippen LogP contribution is 2.22. The van der Waals surface area contributed by atoms with E-state index in [1.807, 2.05) is 0 Å². The van der Waals surface area contributed by atoms with Gasteiger partial charge in [-0.2, -0.15) is 0 Å². The van der Waals surface area contributed by atoms with Gasteiger partial charge in [0.1, 0.15) is 5.00 Å². The topological polar surface area (TPSA) is 87.5 Å². The Morgan fingerprint density at radius 2 is 2.42 bits per heavy atom. The number of piperazine rings is 1. The number of primary amides is 1. The average molecular weight is 282 g/mol. The summed E-state index contributed by atoms with van der Waals surface area (Å²) < 4.78 is 0. The summed E-state index contributed by atoms with van der Waals surface area (Å²) in [6.07, 6.45) is 0. The maximum Gasteiger partial charge on any atom is 0.251 e. The first-order valence-corrected chi connectivity index (χ1v) is 7.07. The predicted molar refractivity (Wildman–Crippen MR) is 75.4 cm³/mol. The van der Waals surface area contributed by atoms with E-state index in [0.717, 1.165) is 19.6 Å². The minimum atomic E-state index is -0.521. The van der Waals surface area contributed by atoms with Crippen LogP contribution in [0.5, 0.6) is 0 Å². The molecule has 4 N–H and O–H groups in total. The minimum absolute atomic E-state index is 0.112. The molecule has 0 aliphatic carbocycles. The van der Waals surface area contributed by atoms with Gasteiger partial charge in [-0.1, -0.05) is 0 Å². The number of hydrogen-bond acceptors (Lipinski definition) is 5. The largest absolute Gasteiger partial charge is 0.366 e. The number of rotatable bonds is 4. The van der Waals surface area contributed by atoms with E-state index in [0.29, 0.717) is 23.2 Å². The lowest BCUT2D eigenvalue weighted by molar-refractivity contribution is -0.117. The van der Waals surface area contributed by atoms with Crippen molar-refractivity contribution in [2.45, 2.75) is 13.0 Å². The summed E-state index contributed by atoms with van der Waals surface area (Å²) in [6, 6.07) is 2.01. The van der Waals surface area contributed by atoms with Crippen molar-refractivity contribution in [2.75, 3.05) is 31.5 Å². The first-order chi connectivity index (χ1) is 9.06. The lowest BCUT2D eigenvalue weighted by Crippen LogP contribution is -2.51. The summed E-state index contributed by atoms with van der Waals surface area (Å²) in [5.74, 6) is -0.633. The third kappa shape index (κ3) is 3.76. The number of hydrogen-bond donors (Lipinski definition) is 3. The van der Waals surface area contributed by atoms with E-state index in [1.165, 1.54) is 11.3 Å². The minimum Gasteiger partial charge on any atom is -0.366 e. The van der Waals surface area contributed by atoms with E-state index < -0.39 is 5.91 Å². The molecule has 6 nitrogen and oxygen atoms in total. The van der Waals surface area contributed by atoms with Crippen LogP contribution in [-0.2, 0) is 4.79 Å². The van der Waals surface area contributed by atoms with Crippen molar-refractivity contribution < 1.29 is 9.59 Å². The number of nitrogens with one attached hydrogen (secondary N) is 2. The number of nitrogens with two attached hydrogens (primary N) is 1. The molecule has 1 aliphatic rings. The fourth-order valence-electron chi connectivity index (χ4n) is 2.13. The summed E-state index contributed by atoms with van der Waals surface area (Å²) in [7, 11) is 0. The van der Waals surface area contributed by atoms with Gasteiger partial charge in [-0.3, -0.25) is 14.5 Å². The quantitative estimate of drug-likeness (QED) is 0.730. The lowest BCUT2D eigenvalue weighted by Gasteiger charge is -2.31. The van der Waals surface area contributed by atoms with Crippen molar-refractivity contribution in [3.63, 3.8) is 0 Å². The van der Waals surface area contributed by atoms with Crippen molar-refractivity contribution in [1.82, 2.24) is 10.2 Å². The van der Waals surface area contributed by atoms with Gasteiger partial charge in [0.15, 0.2) is 0 Å². The second-order valence-corrected chi connectivity index (χ2v) is 5.58. The molecule has 1 saturated heterocycles. The molecule has 0 spiro atoms. The Hall–Kier alpha value is -1.44. The number of carbonyl (C=O) groups is 2. The van der Waals surface area contributed by atoms with Crippen molar-refractivity contribution in [2.24, 2.45) is 5.73 Å². The SMILES string of the molecule is C[C@H]1CN(CC(=O)Nc2sccc2C(N)=O)CCN1. The zero-order valence-electron chi connectivity index (χ0n) is 10.8. The Morgan fingerprint density at radius 3 is 3.11 bits per heavy atom. The van der Waals surface area contributed by atoms with Crippen LogP contribution in [0.25, 0.3) is 0 Å². The van der Waals surface area contributed by atoms with Crippen LogP contribution in [-0.4, -0.2) is 48.9 Å². The molecule has 2 heterocycles. The summed E-state index contributed by atoms with van der Waals surface area (Å²) in [5.41, 5.74) is 5.60. The fraction of sp³-hybridized carbons (Fsp3) is 0.500. The molecule has 0 unspecified atom stereocenters. The Kier molecular flexibility index (Phi) is 4.52. The molecule has 0 aromatic carbocycles. The number of nitrogens with zero attached hydrogens (tertiary/aromatic N) is 1. The molecule has 2 rings (SSSR count). The number of amides is 2. The van der Waals surface area contributed by atoms with Crippen LogP contribution in [0.2, 0.25) is 0 Å². The molecule has 1 atom stereocenters. The van der Waals surface area contributed by atoms with E-state index >= 15 is 0 Å². The molecule has 0 saturated carbocycles. The summed E-state index contributed by atoms with van der Waals surface area (Å²) in [4.78, 5) is 25.2. The number of thiophene rings is 1. The Balaban J connectivity index is 1.90. The van der Waals surface area contributed by atoms with Gasteiger partial charge < -0.3 is 16.4 Å². The maximum absolute atomic E-state index is 11.9. The highest BCUT2D eigenvalue weighted by atomic mass is 32.1. The monoisotopic (exact) mass is 282 g/mol. The van der Waals surface area contributed by atoms with E-state index in [4.69, 9.17) is 5.73 Å². The highest BCUT2D eigenvalue weighted by molar-refractivity contribution is 7.14. The number of carbonyl (C=O) groups excluding carboxylic acids is 2.